The first-order chi connectivity index (χ1) is 7.94. The van der Waals surface area contributed by atoms with Crippen LogP contribution in [0.1, 0.15) is 25.8 Å². The lowest BCUT2D eigenvalue weighted by Crippen LogP contribution is -2.41. The number of carbonyl (C=O) groups excluding carboxylic acids is 1. The normalized spacial score (nSPS) is 14.1. The Hall–Kier alpha value is -1.55. The molecule has 0 spiro atoms. The molecular weight excluding hydrogens is 216 g/mol. The summed E-state index contributed by atoms with van der Waals surface area (Å²) in [4.78, 5) is 12.1. The van der Waals surface area contributed by atoms with Gasteiger partial charge in [0.05, 0.1) is 0 Å². The highest BCUT2D eigenvalue weighted by Crippen LogP contribution is 2.23. The van der Waals surface area contributed by atoms with Crippen LogP contribution in [0.15, 0.2) is 18.2 Å². The maximum Gasteiger partial charge on any atom is 0.256 e. The molecule has 94 valence electrons. The minimum Gasteiger partial charge on any atom is -0.398 e. The van der Waals surface area contributed by atoms with E-state index in [1.807, 2.05) is 26.0 Å². The van der Waals surface area contributed by atoms with Crippen LogP contribution >= 0.6 is 0 Å². The number of methoxy groups -OCH3 is 1. The third-order valence-electron chi connectivity index (χ3n) is 3.23. The molecule has 1 amide bonds. The molecule has 0 radical (unpaired) electrons. The average Bonchev–Trinajstić information content (AvgIpc) is 2.33. The van der Waals surface area contributed by atoms with Gasteiger partial charge in [-0.15, -0.1) is 0 Å². The van der Waals surface area contributed by atoms with Gasteiger partial charge in [0.2, 0.25) is 0 Å². The van der Waals surface area contributed by atoms with Crippen LogP contribution in [-0.2, 0) is 9.53 Å². The van der Waals surface area contributed by atoms with Gasteiger partial charge in [-0.25, -0.2) is 0 Å². The van der Waals surface area contributed by atoms with Gasteiger partial charge in [-0.05, 0) is 38.0 Å². The Morgan fingerprint density at radius 2 is 2.18 bits per heavy atom. The van der Waals surface area contributed by atoms with E-state index in [1.165, 1.54) is 7.11 Å². The third-order valence-corrected chi connectivity index (χ3v) is 3.23. The van der Waals surface area contributed by atoms with Crippen molar-refractivity contribution < 1.29 is 9.53 Å². The number of amides is 1. The van der Waals surface area contributed by atoms with Gasteiger partial charge in [0.1, 0.15) is 5.60 Å². The van der Waals surface area contributed by atoms with E-state index in [9.17, 15) is 4.79 Å². The fourth-order valence-corrected chi connectivity index (χ4v) is 1.44. The number of anilines is 2. The summed E-state index contributed by atoms with van der Waals surface area (Å²) >= 11 is 0. The molecule has 4 heteroatoms. The van der Waals surface area contributed by atoms with Gasteiger partial charge in [-0.2, -0.15) is 0 Å². The Labute approximate surface area is 102 Å². The van der Waals surface area contributed by atoms with Crippen LogP contribution in [-0.4, -0.2) is 18.6 Å². The van der Waals surface area contributed by atoms with Crippen molar-refractivity contribution in [2.45, 2.75) is 32.8 Å². The minimum atomic E-state index is -0.808. The maximum atomic E-state index is 12.1. The summed E-state index contributed by atoms with van der Waals surface area (Å²) in [6.07, 6.45) is 0.608. The molecule has 0 bridgehead atoms. The molecule has 1 atom stereocenters. The van der Waals surface area contributed by atoms with Gasteiger partial charge in [0, 0.05) is 18.5 Å². The predicted octanol–water partition coefficient (Wildman–Crippen LogP) is 2.33. The second kappa shape index (κ2) is 5.19. The zero-order valence-corrected chi connectivity index (χ0v) is 10.8. The number of ether oxygens (including phenoxy) is 1. The highest BCUT2D eigenvalue weighted by molar-refractivity contribution is 5.98. The van der Waals surface area contributed by atoms with E-state index in [-0.39, 0.29) is 5.91 Å². The average molecular weight is 236 g/mol. The number of benzene rings is 1. The number of nitrogens with one attached hydrogen (secondary N) is 1. The van der Waals surface area contributed by atoms with Crippen molar-refractivity contribution >= 4 is 17.3 Å². The zero-order chi connectivity index (χ0) is 13.1. The van der Waals surface area contributed by atoms with Gasteiger partial charge in [-0.1, -0.05) is 13.0 Å². The van der Waals surface area contributed by atoms with Crippen LogP contribution in [0.25, 0.3) is 0 Å². The molecule has 0 aliphatic carbocycles. The molecule has 3 N–H and O–H groups in total. The van der Waals surface area contributed by atoms with E-state index in [0.717, 1.165) is 11.3 Å². The molecule has 4 nitrogen and oxygen atoms in total. The minimum absolute atomic E-state index is 0.156. The fraction of sp³-hybridized carbons (Fsp3) is 0.462. The highest BCUT2D eigenvalue weighted by atomic mass is 16.5. The summed E-state index contributed by atoms with van der Waals surface area (Å²) in [6.45, 7) is 5.56. The molecule has 0 aliphatic rings. The number of nitrogens with two attached hydrogens (primary N) is 1. The number of hydrogen-bond donors (Lipinski definition) is 2. The smallest absolute Gasteiger partial charge is 0.256 e. The third kappa shape index (κ3) is 2.77. The highest BCUT2D eigenvalue weighted by Gasteiger charge is 2.31. The monoisotopic (exact) mass is 236 g/mol. The van der Waals surface area contributed by atoms with Gasteiger partial charge >= 0.3 is 0 Å². The molecule has 0 heterocycles. The number of nitrogen functional groups attached to an aromatic ring is 1. The van der Waals surface area contributed by atoms with E-state index >= 15 is 0 Å². The second-order valence-electron chi connectivity index (χ2n) is 4.26. The molecule has 1 aromatic rings. The molecule has 1 unspecified atom stereocenters. The van der Waals surface area contributed by atoms with Crippen molar-refractivity contribution in [3.63, 3.8) is 0 Å². The molecule has 17 heavy (non-hydrogen) atoms. The second-order valence-corrected chi connectivity index (χ2v) is 4.26. The van der Waals surface area contributed by atoms with Crippen LogP contribution in [0.4, 0.5) is 11.4 Å². The Morgan fingerprint density at radius 1 is 1.53 bits per heavy atom. The van der Waals surface area contributed by atoms with Gasteiger partial charge in [0.15, 0.2) is 0 Å². The topological polar surface area (TPSA) is 64.3 Å². The van der Waals surface area contributed by atoms with E-state index in [4.69, 9.17) is 10.5 Å². The lowest BCUT2D eigenvalue weighted by Gasteiger charge is -2.25. The van der Waals surface area contributed by atoms with Gasteiger partial charge in [-0.3, -0.25) is 4.79 Å². The van der Waals surface area contributed by atoms with Gasteiger partial charge < -0.3 is 15.8 Å². The van der Waals surface area contributed by atoms with E-state index in [0.29, 0.717) is 12.1 Å². The Kier molecular flexibility index (Phi) is 4.12. The van der Waals surface area contributed by atoms with Crippen molar-refractivity contribution in [2.24, 2.45) is 0 Å². The first-order valence-electron chi connectivity index (χ1n) is 5.66. The predicted molar refractivity (Wildman–Crippen MR) is 69.9 cm³/mol. The molecule has 0 aromatic heterocycles. The fourth-order valence-electron chi connectivity index (χ4n) is 1.44. The molecule has 0 fully saturated rings. The Bertz CT molecular complexity index is 412. The van der Waals surface area contributed by atoms with Crippen molar-refractivity contribution in [3.8, 4) is 0 Å². The van der Waals surface area contributed by atoms with Crippen molar-refractivity contribution in [2.75, 3.05) is 18.2 Å². The summed E-state index contributed by atoms with van der Waals surface area (Å²) in [6, 6.07) is 5.45. The number of hydrogen-bond acceptors (Lipinski definition) is 3. The zero-order valence-electron chi connectivity index (χ0n) is 10.8. The maximum absolute atomic E-state index is 12.1. The standard InChI is InChI=1S/C13H20N2O2/c1-5-13(3,17-4)12(16)15-11-8-6-7-10(14)9(11)2/h6-8H,5,14H2,1-4H3,(H,15,16). The van der Waals surface area contributed by atoms with E-state index in [1.54, 1.807) is 13.0 Å². The SMILES string of the molecule is CCC(C)(OC)C(=O)Nc1cccc(N)c1C. The summed E-state index contributed by atoms with van der Waals surface area (Å²) in [5.74, 6) is -0.156. The van der Waals surface area contributed by atoms with Gasteiger partial charge in [0.25, 0.3) is 5.91 Å². The Morgan fingerprint density at radius 3 is 2.71 bits per heavy atom. The van der Waals surface area contributed by atoms with E-state index in [2.05, 4.69) is 5.32 Å². The van der Waals surface area contributed by atoms with E-state index < -0.39 is 5.60 Å². The summed E-state index contributed by atoms with van der Waals surface area (Å²) in [5.41, 5.74) is 7.24. The first kappa shape index (κ1) is 13.5. The largest absolute Gasteiger partial charge is 0.398 e. The van der Waals surface area contributed by atoms with Crippen LogP contribution in [0.2, 0.25) is 0 Å². The summed E-state index contributed by atoms with van der Waals surface area (Å²) in [7, 11) is 1.54. The number of rotatable bonds is 4. The molecule has 0 saturated heterocycles. The van der Waals surface area contributed by atoms with Crippen LogP contribution < -0.4 is 11.1 Å². The molecule has 0 aliphatic heterocycles. The molecule has 0 saturated carbocycles. The first-order valence-corrected chi connectivity index (χ1v) is 5.66. The summed E-state index contributed by atoms with van der Waals surface area (Å²) in [5, 5.41) is 2.85. The van der Waals surface area contributed by atoms with Crippen molar-refractivity contribution in [1.29, 1.82) is 0 Å². The molecule has 1 aromatic carbocycles. The Balaban J connectivity index is 2.92. The summed E-state index contributed by atoms with van der Waals surface area (Å²) < 4.78 is 5.25. The quantitative estimate of drug-likeness (QED) is 0.789. The number of carbonyl (C=O) groups is 1. The molecular formula is C13H20N2O2. The van der Waals surface area contributed by atoms with Crippen LogP contribution in [0.3, 0.4) is 0 Å². The lowest BCUT2D eigenvalue weighted by molar-refractivity contribution is -0.136. The molecule has 1 rings (SSSR count). The van der Waals surface area contributed by atoms with Crippen LogP contribution in [0, 0.1) is 6.92 Å². The van der Waals surface area contributed by atoms with Crippen LogP contribution in [0.5, 0.6) is 0 Å². The van der Waals surface area contributed by atoms with Crippen molar-refractivity contribution in [3.05, 3.63) is 23.8 Å². The lowest BCUT2D eigenvalue weighted by atomic mass is 10.0. The van der Waals surface area contributed by atoms with Crippen molar-refractivity contribution in [1.82, 2.24) is 0 Å².